The predicted molar refractivity (Wildman–Crippen MR) is 56.4 cm³/mol. The van der Waals surface area contributed by atoms with Gasteiger partial charge in [0.2, 0.25) is 0 Å². The van der Waals surface area contributed by atoms with Crippen LogP contribution in [-0.4, -0.2) is 6.61 Å². The number of hydrogen-bond acceptors (Lipinski definition) is 3. The van der Waals surface area contributed by atoms with Crippen molar-refractivity contribution < 1.29 is 4.74 Å². The van der Waals surface area contributed by atoms with Crippen LogP contribution in [0.1, 0.15) is 30.9 Å². The summed E-state index contributed by atoms with van der Waals surface area (Å²) in [4.78, 5) is 0. The first-order chi connectivity index (χ1) is 7.19. The van der Waals surface area contributed by atoms with E-state index in [0.717, 1.165) is 5.56 Å². The van der Waals surface area contributed by atoms with E-state index in [2.05, 4.69) is 6.07 Å². The summed E-state index contributed by atoms with van der Waals surface area (Å²) in [7, 11) is 0. The molecule has 0 bridgehead atoms. The normalized spacial score (nSPS) is 9.40. The molecule has 3 nitrogen and oxygen atoms in total. The van der Waals surface area contributed by atoms with Crippen molar-refractivity contribution in [2.45, 2.75) is 19.8 Å². The Labute approximate surface area is 89.5 Å². The van der Waals surface area contributed by atoms with Gasteiger partial charge in [-0.05, 0) is 23.6 Å². The molecule has 0 saturated heterocycles. The van der Waals surface area contributed by atoms with E-state index in [1.165, 1.54) is 0 Å². The third-order valence-corrected chi connectivity index (χ3v) is 2.07. The van der Waals surface area contributed by atoms with Crippen molar-refractivity contribution in [1.82, 2.24) is 0 Å². The molecule has 0 spiro atoms. The summed E-state index contributed by atoms with van der Waals surface area (Å²) in [6, 6.07) is 9.35. The lowest BCUT2D eigenvalue weighted by Crippen LogP contribution is -1.97. The molecule has 0 heterocycles. The maximum atomic E-state index is 8.95. The molecule has 15 heavy (non-hydrogen) atoms. The first-order valence-electron chi connectivity index (χ1n) is 4.72. The van der Waals surface area contributed by atoms with Gasteiger partial charge in [0, 0.05) is 0 Å². The number of hydrogen-bond donors (Lipinski definition) is 0. The van der Waals surface area contributed by atoms with Crippen molar-refractivity contribution in [3.8, 4) is 17.9 Å². The van der Waals surface area contributed by atoms with E-state index >= 15 is 0 Å². The molecule has 0 saturated carbocycles. The largest absolute Gasteiger partial charge is 0.479 e. The van der Waals surface area contributed by atoms with E-state index in [4.69, 9.17) is 15.3 Å². The molecular formula is C12H12N2O. The molecule has 0 fully saturated rings. The molecule has 1 aromatic carbocycles. The highest BCUT2D eigenvalue weighted by Crippen LogP contribution is 2.23. The van der Waals surface area contributed by atoms with Crippen LogP contribution in [0.25, 0.3) is 0 Å². The minimum absolute atomic E-state index is 0.00585. The van der Waals surface area contributed by atoms with Crippen molar-refractivity contribution in [3.63, 3.8) is 0 Å². The van der Waals surface area contributed by atoms with Crippen molar-refractivity contribution in [3.05, 3.63) is 29.3 Å². The topological polar surface area (TPSA) is 56.8 Å². The van der Waals surface area contributed by atoms with E-state index in [1.54, 1.807) is 12.1 Å². The number of rotatable bonds is 3. The Morgan fingerprint density at radius 3 is 2.60 bits per heavy atom. The summed E-state index contributed by atoms with van der Waals surface area (Å²) in [5, 5.41) is 17.3. The Kier molecular flexibility index (Phi) is 3.71. The fourth-order valence-electron chi connectivity index (χ4n) is 1.34. The van der Waals surface area contributed by atoms with Crippen LogP contribution < -0.4 is 4.74 Å². The average molecular weight is 200 g/mol. The van der Waals surface area contributed by atoms with Gasteiger partial charge in [-0.1, -0.05) is 19.9 Å². The zero-order valence-electron chi connectivity index (χ0n) is 8.82. The summed E-state index contributed by atoms with van der Waals surface area (Å²) >= 11 is 0. The Hall–Kier alpha value is -2.00. The molecule has 0 radical (unpaired) electrons. The molecule has 0 atom stereocenters. The van der Waals surface area contributed by atoms with Crippen LogP contribution in [0.4, 0.5) is 0 Å². The first-order valence-corrected chi connectivity index (χ1v) is 4.72. The highest BCUT2D eigenvalue weighted by Gasteiger charge is 2.07. The van der Waals surface area contributed by atoms with Crippen LogP contribution in [0.5, 0.6) is 5.75 Å². The van der Waals surface area contributed by atoms with Crippen LogP contribution in [0.15, 0.2) is 18.2 Å². The van der Waals surface area contributed by atoms with Gasteiger partial charge in [-0.2, -0.15) is 10.5 Å². The molecule has 0 aliphatic rings. The van der Waals surface area contributed by atoms with Gasteiger partial charge >= 0.3 is 0 Å². The van der Waals surface area contributed by atoms with Crippen LogP contribution >= 0.6 is 0 Å². The van der Waals surface area contributed by atoms with Crippen LogP contribution in [0.2, 0.25) is 0 Å². The fraction of sp³-hybridized carbons (Fsp3) is 0.333. The van der Waals surface area contributed by atoms with Gasteiger partial charge in [-0.15, -0.1) is 0 Å². The van der Waals surface area contributed by atoms with Crippen molar-refractivity contribution in [1.29, 1.82) is 10.5 Å². The summed E-state index contributed by atoms with van der Waals surface area (Å²) in [6.45, 7) is 4.07. The molecule has 0 N–H and O–H groups in total. The average Bonchev–Trinajstić information content (AvgIpc) is 2.25. The van der Waals surface area contributed by atoms with Crippen molar-refractivity contribution >= 4 is 0 Å². The smallest absolute Gasteiger partial charge is 0.174 e. The zero-order chi connectivity index (χ0) is 11.3. The number of ether oxygens (including phenoxy) is 1. The van der Waals surface area contributed by atoms with E-state index in [1.807, 2.05) is 26.0 Å². The number of benzene rings is 1. The van der Waals surface area contributed by atoms with Gasteiger partial charge < -0.3 is 4.74 Å². The third-order valence-electron chi connectivity index (χ3n) is 2.07. The van der Waals surface area contributed by atoms with Crippen LogP contribution in [0, 0.1) is 22.7 Å². The minimum atomic E-state index is 0.00585. The standard InChI is InChI=1S/C12H12N2O/c1-9(2)12-4-3-11(15-6-5-13)7-10(12)8-14/h3-4,7,9H,6H2,1-2H3. The monoisotopic (exact) mass is 200 g/mol. The minimum Gasteiger partial charge on any atom is -0.479 e. The maximum absolute atomic E-state index is 8.95. The maximum Gasteiger partial charge on any atom is 0.174 e. The second kappa shape index (κ2) is 5.02. The van der Waals surface area contributed by atoms with Gasteiger partial charge in [0.25, 0.3) is 0 Å². The Morgan fingerprint density at radius 1 is 1.33 bits per heavy atom. The second-order valence-electron chi connectivity index (χ2n) is 3.46. The second-order valence-corrected chi connectivity index (χ2v) is 3.46. The van der Waals surface area contributed by atoms with Gasteiger partial charge in [0.05, 0.1) is 11.6 Å². The highest BCUT2D eigenvalue weighted by atomic mass is 16.5. The molecule has 1 rings (SSSR count). The number of nitriles is 2. The molecule has 0 unspecified atom stereocenters. The first kappa shape index (κ1) is 11.1. The van der Waals surface area contributed by atoms with Gasteiger partial charge in [-0.3, -0.25) is 0 Å². The molecule has 3 heteroatoms. The molecule has 0 aliphatic carbocycles. The van der Waals surface area contributed by atoms with Crippen LogP contribution in [-0.2, 0) is 0 Å². The fourth-order valence-corrected chi connectivity index (χ4v) is 1.34. The van der Waals surface area contributed by atoms with E-state index in [9.17, 15) is 0 Å². The molecule has 1 aromatic rings. The van der Waals surface area contributed by atoms with E-state index in [-0.39, 0.29) is 6.61 Å². The summed E-state index contributed by atoms with van der Waals surface area (Å²) < 4.78 is 5.12. The molecular weight excluding hydrogens is 188 g/mol. The lowest BCUT2D eigenvalue weighted by Gasteiger charge is -2.09. The van der Waals surface area contributed by atoms with Gasteiger partial charge in [-0.25, -0.2) is 0 Å². The highest BCUT2D eigenvalue weighted by molar-refractivity contribution is 5.44. The summed E-state index contributed by atoms with van der Waals surface area (Å²) in [5.41, 5.74) is 1.61. The zero-order valence-corrected chi connectivity index (χ0v) is 8.82. The van der Waals surface area contributed by atoms with E-state index in [0.29, 0.717) is 17.2 Å². The molecule has 76 valence electrons. The van der Waals surface area contributed by atoms with Crippen LogP contribution in [0.3, 0.4) is 0 Å². The quantitative estimate of drug-likeness (QED) is 0.753. The Balaban J connectivity index is 3.00. The summed E-state index contributed by atoms with van der Waals surface area (Å²) in [6.07, 6.45) is 0. The van der Waals surface area contributed by atoms with Gasteiger partial charge in [0.1, 0.15) is 11.8 Å². The summed E-state index contributed by atoms with van der Waals surface area (Å²) in [5.74, 6) is 0.877. The molecule has 0 aromatic heterocycles. The SMILES string of the molecule is CC(C)c1ccc(OCC#N)cc1C#N. The number of nitrogens with zero attached hydrogens (tertiary/aromatic N) is 2. The third kappa shape index (κ3) is 2.72. The predicted octanol–water partition coefficient (Wildman–Crippen LogP) is 2.58. The molecule has 0 amide bonds. The van der Waals surface area contributed by atoms with Crippen molar-refractivity contribution in [2.75, 3.05) is 6.61 Å². The molecule has 0 aliphatic heterocycles. The van der Waals surface area contributed by atoms with Crippen molar-refractivity contribution in [2.24, 2.45) is 0 Å². The Morgan fingerprint density at radius 2 is 2.07 bits per heavy atom. The lowest BCUT2D eigenvalue weighted by atomic mass is 9.98. The van der Waals surface area contributed by atoms with Gasteiger partial charge in [0.15, 0.2) is 6.61 Å². The van der Waals surface area contributed by atoms with E-state index < -0.39 is 0 Å². The lowest BCUT2D eigenvalue weighted by molar-refractivity contribution is 0.368. The Bertz CT molecular complexity index is 424.